The number of amides is 1. The maximum atomic E-state index is 13.0. The van der Waals surface area contributed by atoms with E-state index in [1.807, 2.05) is 6.07 Å². The molecule has 0 aromatic heterocycles. The number of hydrogen-bond acceptors (Lipinski definition) is 3. The standard InChI is InChI=1S/C20H27NO3/c22-20(15-6-2-1-3-7-15)21-11-4-8-17(21)16-9-10-18-19(14-16)24-13-5-12-23-18/h9-10,14-15,17H,1-8,11-13H2. The molecule has 2 aliphatic heterocycles. The molecule has 1 aromatic rings. The van der Waals surface area contributed by atoms with E-state index in [4.69, 9.17) is 9.47 Å². The van der Waals surface area contributed by atoms with Crippen LogP contribution in [0.3, 0.4) is 0 Å². The van der Waals surface area contributed by atoms with Gasteiger partial charge in [-0.1, -0.05) is 25.3 Å². The Kier molecular flexibility index (Phi) is 4.63. The third kappa shape index (κ3) is 3.11. The Balaban J connectivity index is 1.54. The summed E-state index contributed by atoms with van der Waals surface area (Å²) in [6.07, 6.45) is 8.91. The lowest BCUT2D eigenvalue weighted by Gasteiger charge is -2.31. The van der Waals surface area contributed by atoms with Crippen molar-refractivity contribution in [1.29, 1.82) is 0 Å². The normalized spacial score (nSPS) is 24.7. The molecule has 1 saturated carbocycles. The molecule has 0 N–H and O–H groups in total. The number of likely N-dealkylation sites (tertiary alicyclic amines) is 1. The molecular formula is C20H27NO3. The molecule has 4 nitrogen and oxygen atoms in total. The molecular weight excluding hydrogens is 302 g/mol. The minimum absolute atomic E-state index is 0.205. The first kappa shape index (κ1) is 15.8. The molecule has 1 aromatic carbocycles. The maximum Gasteiger partial charge on any atom is 0.226 e. The predicted octanol–water partition coefficient (Wildman–Crippen LogP) is 4.09. The van der Waals surface area contributed by atoms with Crippen molar-refractivity contribution in [2.45, 2.75) is 57.4 Å². The molecule has 1 amide bonds. The molecule has 3 aliphatic rings. The molecule has 2 heterocycles. The second kappa shape index (κ2) is 7.04. The summed E-state index contributed by atoms with van der Waals surface area (Å²) < 4.78 is 11.6. The number of fused-ring (bicyclic) bond motifs is 1. The maximum absolute atomic E-state index is 13.0. The molecule has 4 rings (SSSR count). The topological polar surface area (TPSA) is 38.8 Å². The van der Waals surface area contributed by atoms with Crippen LogP contribution in [0.15, 0.2) is 18.2 Å². The second-order valence-electron chi connectivity index (χ2n) is 7.28. The van der Waals surface area contributed by atoms with Crippen LogP contribution in [0, 0.1) is 5.92 Å². The van der Waals surface area contributed by atoms with Gasteiger partial charge in [0.1, 0.15) is 0 Å². The van der Waals surface area contributed by atoms with Crippen molar-refractivity contribution in [2.24, 2.45) is 5.92 Å². The first-order valence-corrected chi connectivity index (χ1v) is 9.53. The molecule has 4 heteroatoms. The van der Waals surface area contributed by atoms with Crippen LogP contribution < -0.4 is 9.47 Å². The number of carbonyl (C=O) groups excluding carboxylic acids is 1. The fourth-order valence-electron chi connectivity index (χ4n) is 4.35. The Morgan fingerprint density at radius 1 is 0.917 bits per heavy atom. The van der Waals surface area contributed by atoms with Gasteiger partial charge in [-0.05, 0) is 43.4 Å². The smallest absolute Gasteiger partial charge is 0.226 e. The lowest BCUT2D eigenvalue weighted by atomic mass is 9.88. The quantitative estimate of drug-likeness (QED) is 0.820. The highest BCUT2D eigenvalue weighted by Crippen LogP contribution is 2.39. The Morgan fingerprint density at radius 2 is 1.71 bits per heavy atom. The summed E-state index contributed by atoms with van der Waals surface area (Å²) in [7, 11) is 0. The zero-order valence-corrected chi connectivity index (χ0v) is 14.3. The Morgan fingerprint density at radius 3 is 2.54 bits per heavy atom. The van der Waals surface area contributed by atoms with Crippen molar-refractivity contribution in [1.82, 2.24) is 4.90 Å². The third-order valence-corrected chi connectivity index (χ3v) is 5.65. The molecule has 24 heavy (non-hydrogen) atoms. The van der Waals surface area contributed by atoms with E-state index in [0.29, 0.717) is 19.1 Å². The van der Waals surface area contributed by atoms with Crippen LogP contribution in [0.5, 0.6) is 11.5 Å². The van der Waals surface area contributed by atoms with Crippen molar-refractivity contribution in [2.75, 3.05) is 19.8 Å². The number of hydrogen-bond donors (Lipinski definition) is 0. The number of benzene rings is 1. The first-order chi connectivity index (χ1) is 11.8. The van der Waals surface area contributed by atoms with Crippen LogP contribution in [0.1, 0.15) is 63.0 Å². The molecule has 1 saturated heterocycles. The third-order valence-electron chi connectivity index (χ3n) is 5.65. The van der Waals surface area contributed by atoms with E-state index in [1.165, 1.54) is 24.8 Å². The van der Waals surface area contributed by atoms with Gasteiger partial charge >= 0.3 is 0 Å². The van der Waals surface area contributed by atoms with Gasteiger partial charge in [-0.2, -0.15) is 0 Å². The fourth-order valence-corrected chi connectivity index (χ4v) is 4.35. The van der Waals surface area contributed by atoms with Gasteiger partial charge < -0.3 is 14.4 Å². The monoisotopic (exact) mass is 329 g/mol. The second-order valence-corrected chi connectivity index (χ2v) is 7.28. The largest absolute Gasteiger partial charge is 0.490 e. The van der Waals surface area contributed by atoms with E-state index in [-0.39, 0.29) is 12.0 Å². The molecule has 1 unspecified atom stereocenters. The Hall–Kier alpha value is -1.71. The average molecular weight is 329 g/mol. The average Bonchev–Trinajstić information content (AvgIpc) is 3.00. The summed E-state index contributed by atoms with van der Waals surface area (Å²) in [5, 5.41) is 0. The summed E-state index contributed by atoms with van der Waals surface area (Å²) in [4.78, 5) is 15.1. The van der Waals surface area contributed by atoms with Crippen molar-refractivity contribution >= 4 is 5.91 Å². The molecule has 1 aliphatic carbocycles. The lowest BCUT2D eigenvalue weighted by Crippen LogP contribution is -2.36. The minimum Gasteiger partial charge on any atom is -0.490 e. The molecule has 2 fully saturated rings. The Labute approximate surface area is 144 Å². The van der Waals surface area contributed by atoms with Crippen LogP contribution in [-0.2, 0) is 4.79 Å². The Bertz CT molecular complexity index is 595. The van der Waals surface area contributed by atoms with Gasteiger partial charge in [0.05, 0.1) is 19.3 Å². The van der Waals surface area contributed by atoms with Gasteiger partial charge in [0.2, 0.25) is 5.91 Å². The van der Waals surface area contributed by atoms with Gasteiger partial charge in [-0.3, -0.25) is 4.79 Å². The molecule has 130 valence electrons. The van der Waals surface area contributed by atoms with Gasteiger partial charge in [0.15, 0.2) is 11.5 Å². The summed E-state index contributed by atoms with van der Waals surface area (Å²) >= 11 is 0. The van der Waals surface area contributed by atoms with E-state index in [1.54, 1.807) is 0 Å². The zero-order valence-electron chi connectivity index (χ0n) is 14.3. The molecule has 0 bridgehead atoms. The predicted molar refractivity (Wildman–Crippen MR) is 92.3 cm³/mol. The van der Waals surface area contributed by atoms with Crippen LogP contribution in [0.25, 0.3) is 0 Å². The van der Waals surface area contributed by atoms with E-state index in [0.717, 1.165) is 50.1 Å². The van der Waals surface area contributed by atoms with E-state index in [9.17, 15) is 4.79 Å². The zero-order chi connectivity index (χ0) is 16.4. The van der Waals surface area contributed by atoms with Crippen LogP contribution in [0.4, 0.5) is 0 Å². The molecule has 0 spiro atoms. The highest BCUT2D eigenvalue weighted by Gasteiger charge is 2.34. The summed E-state index contributed by atoms with van der Waals surface area (Å²) in [5.41, 5.74) is 1.20. The van der Waals surface area contributed by atoms with Crippen molar-refractivity contribution in [3.05, 3.63) is 23.8 Å². The molecule has 1 atom stereocenters. The van der Waals surface area contributed by atoms with Gasteiger partial charge in [-0.25, -0.2) is 0 Å². The SMILES string of the molecule is O=C(C1CCCCC1)N1CCCC1c1ccc2c(c1)OCCCO2. The number of nitrogens with zero attached hydrogens (tertiary/aromatic N) is 1. The first-order valence-electron chi connectivity index (χ1n) is 9.53. The summed E-state index contributed by atoms with van der Waals surface area (Å²) in [6, 6.07) is 6.43. The highest BCUT2D eigenvalue weighted by molar-refractivity contribution is 5.79. The van der Waals surface area contributed by atoms with Crippen LogP contribution >= 0.6 is 0 Å². The molecule has 0 radical (unpaired) electrons. The van der Waals surface area contributed by atoms with E-state index < -0.39 is 0 Å². The minimum atomic E-state index is 0.205. The van der Waals surface area contributed by atoms with Crippen molar-refractivity contribution in [3.63, 3.8) is 0 Å². The van der Waals surface area contributed by atoms with E-state index in [2.05, 4.69) is 17.0 Å². The lowest BCUT2D eigenvalue weighted by molar-refractivity contribution is -0.137. The van der Waals surface area contributed by atoms with Gasteiger partial charge in [0, 0.05) is 18.9 Å². The summed E-state index contributed by atoms with van der Waals surface area (Å²) in [6.45, 7) is 2.31. The van der Waals surface area contributed by atoms with Crippen LogP contribution in [-0.4, -0.2) is 30.6 Å². The number of rotatable bonds is 2. The van der Waals surface area contributed by atoms with Crippen molar-refractivity contribution < 1.29 is 14.3 Å². The number of ether oxygens (including phenoxy) is 2. The highest BCUT2D eigenvalue weighted by atomic mass is 16.5. The van der Waals surface area contributed by atoms with Crippen LogP contribution in [0.2, 0.25) is 0 Å². The van der Waals surface area contributed by atoms with Gasteiger partial charge in [-0.15, -0.1) is 0 Å². The summed E-state index contributed by atoms with van der Waals surface area (Å²) in [5.74, 6) is 2.30. The van der Waals surface area contributed by atoms with Crippen molar-refractivity contribution in [3.8, 4) is 11.5 Å². The van der Waals surface area contributed by atoms with E-state index >= 15 is 0 Å². The van der Waals surface area contributed by atoms with Gasteiger partial charge in [0.25, 0.3) is 0 Å². The fraction of sp³-hybridized carbons (Fsp3) is 0.650. The number of carbonyl (C=O) groups is 1.